The molecule has 110 valence electrons. The van der Waals surface area contributed by atoms with Crippen molar-refractivity contribution in [2.75, 3.05) is 0 Å². The molecule has 0 saturated heterocycles. The van der Waals surface area contributed by atoms with Crippen LogP contribution in [-0.2, 0) is 6.18 Å². The van der Waals surface area contributed by atoms with Gasteiger partial charge in [0.25, 0.3) is 0 Å². The molecule has 0 aliphatic carbocycles. The number of hydrogen-bond donors (Lipinski definition) is 1. The molecule has 0 fully saturated rings. The van der Waals surface area contributed by atoms with Crippen molar-refractivity contribution in [2.45, 2.75) is 13.1 Å². The topological polar surface area (TPSA) is 32.6 Å². The normalized spacial score (nSPS) is 12.5. The summed E-state index contributed by atoms with van der Waals surface area (Å²) < 4.78 is 38.2. The Morgan fingerprint density at radius 1 is 1.10 bits per heavy atom. The van der Waals surface area contributed by atoms with Crippen molar-refractivity contribution in [3.05, 3.63) is 58.1 Å². The Bertz CT molecular complexity index is 678. The van der Waals surface area contributed by atoms with Gasteiger partial charge in [0, 0.05) is 15.7 Å². The lowest BCUT2D eigenvalue weighted by molar-refractivity contribution is -0.137. The molecule has 0 bridgehead atoms. The molecule has 0 spiro atoms. The number of aromatic hydroxyl groups is 1. The van der Waals surface area contributed by atoms with Crippen molar-refractivity contribution < 1.29 is 18.3 Å². The third-order valence-electron chi connectivity index (χ3n) is 2.84. The van der Waals surface area contributed by atoms with Gasteiger partial charge in [-0.3, -0.25) is 4.99 Å². The molecule has 0 heterocycles. The lowest BCUT2D eigenvalue weighted by Crippen LogP contribution is -2.03. The second kappa shape index (κ2) is 5.89. The zero-order chi connectivity index (χ0) is 15.6. The number of phenolic OH excluding ortho intramolecular Hbond substituents is 1. The van der Waals surface area contributed by atoms with E-state index in [-0.39, 0.29) is 5.75 Å². The minimum atomic E-state index is -4.36. The van der Waals surface area contributed by atoms with Crippen molar-refractivity contribution in [3.8, 4) is 5.75 Å². The Labute approximate surface area is 128 Å². The molecule has 0 aliphatic heterocycles. The average molecular weight is 358 g/mol. The summed E-state index contributed by atoms with van der Waals surface area (Å²) in [6.07, 6.45) is -4.36. The van der Waals surface area contributed by atoms with Gasteiger partial charge in [-0.15, -0.1) is 0 Å². The van der Waals surface area contributed by atoms with Crippen LogP contribution in [0.1, 0.15) is 18.1 Å². The van der Waals surface area contributed by atoms with Crippen LogP contribution >= 0.6 is 15.9 Å². The molecule has 0 saturated carbocycles. The summed E-state index contributed by atoms with van der Waals surface area (Å²) in [5.41, 5.74) is 0.696. The summed E-state index contributed by atoms with van der Waals surface area (Å²) in [6, 6.07) is 9.44. The molecule has 21 heavy (non-hydrogen) atoms. The molecule has 6 heteroatoms. The summed E-state index contributed by atoms with van der Waals surface area (Å²) in [6.45, 7) is 1.68. The first-order chi connectivity index (χ1) is 9.77. The molecule has 0 unspecified atom stereocenters. The van der Waals surface area contributed by atoms with Crippen molar-refractivity contribution in [3.63, 3.8) is 0 Å². The number of nitrogens with zero attached hydrogens (tertiary/aromatic N) is 1. The number of halogens is 4. The lowest BCUT2D eigenvalue weighted by atomic mass is 10.1. The summed E-state index contributed by atoms with van der Waals surface area (Å²) in [5.74, 6) is 0.0614. The van der Waals surface area contributed by atoms with Crippen LogP contribution in [0.4, 0.5) is 18.9 Å². The second-order valence-corrected chi connectivity index (χ2v) is 5.32. The van der Waals surface area contributed by atoms with E-state index >= 15 is 0 Å². The standard InChI is InChI=1S/C15H11BrF3NO/c1-9(13-8-11(16)4-7-14(13)21)20-12-5-2-10(3-6-12)15(17,18)19/h2-8,21H,1H3. The van der Waals surface area contributed by atoms with E-state index < -0.39 is 11.7 Å². The smallest absolute Gasteiger partial charge is 0.416 e. The number of benzene rings is 2. The minimum Gasteiger partial charge on any atom is -0.507 e. The molecular formula is C15H11BrF3NO. The predicted molar refractivity (Wildman–Crippen MR) is 79.1 cm³/mol. The molecule has 0 radical (unpaired) electrons. The zero-order valence-electron chi connectivity index (χ0n) is 10.9. The van der Waals surface area contributed by atoms with Gasteiger partial charge in [0.05, 0.1) is 11.3 Å². The van der Waals surface area contributed by atoms with Crippen LogP contribution in [0.15, 0.2) is 51.9 Å². The van der Waals surface area contributed by atoms with Gasteiger partial charge in [-0.05, 0) is 49.4 Å². The van der Waals surface area contributed by atoms with Crippen LogP contribution < -0.4 is 0 Å². The predicted octanol–water partition coefficient (Wildman–Crippen LogP) is 5.31. The van der Waals surface area contributed by atoms with Gasteiger partial charge in [0.2, 0.25) is 0 Å². The van der Waals surface area contributed by atoms with Gasteiger partial charge in [-0.1, -0.05) is 15.9 Å². The number of hydrogen-bond acceptors (Lipinski definition) is 2. The molecule has 2 rings (SSSR count). The van der Waals surface area contributed by atoms with Gasteiger partial charge in [0.1, 0.15) is 5.75 Å². The van der Waals surface area contributed by atoms with Crippen LogP contribution in [0.25, 0.3) is 0 Å². The fraction of sp³-hybridized carbons (Fsp3) is 0.133. The molecular weight excluding hydrogens is 347 g/mol. The molecule has 2 aromatic rings. The van der Waals surface area contributed by atoms with Gasteiger partial charge >= 0.3 is 6.18 Å². The number of rotatable bonds is 2. The van der Waals surface area contributed by atoms with Gasteiger partial charge in [-0.2, -0.15) is 13.2 Å². The van der Waals surface area contributed by atoms with E-state index in [1.807, 2.05) is 0 Å². The molecule has 0 amide bonds. The highest BCUT2D eigenvalue weighted by Crippen LogP contribution is 2.31. The molecule has 2 aromatic carbocycles. The first-order valence-corrected chi connectivity index (χ1v) is 6.78. The van der Waals surface area contributed by atoms with Gasteiger partial charge in [-0.25, -0.2) is 0 Å². The quantitative estimate of drug-likeness (QED) is 0.725. The molecule has 1 N–H and O–H groups in total. The van der Waals surface area contributed by atoms with Crippen molar-refractivity contribution in [1.29, 1.82) is 0 Å². The van der Waals surface area contributed by atoms with E-state index in [2.05, 4.69) is 20.9 Å². The maximum absolute atomic E-state index is 12.5. The summed E-state index contributed by atoms with van der Waals surface area (Å²) in [5, 5.41) is 9.78. The van der Waals surface area contributed by atoms with E-state index in [9.17, 15) is 18.3 Å². The van der Waals surface area contributed by atoms with Crippen LogP contribution in [0, 0.1) is 0 Å². The van der Waals surface area contributed by atoms with Crippen molar-refractivity contribution >= 4 is 27.3 Å². The largest absolute Gasteiger partial charge is 0.507 e. The Balaban J connectivity index is 2.33. The first-order valence-electron chi connectivity index (χ1n) is 5.99. The van der Waals surface area contributed by atoms with Crippen LogP contribution in [0.3, 0.4) is 0 Å². The number of aliphatic imine (C=N–C) groups is 1. The maximum Gasteiger partial charge on any atom is 0.416 e. The Morgan fingerprint density at radius 2 is 1.71 bits per heavy atom. The third-order valence-corrected chi connectivity index (χ3v) is 3.33. The van der Waals surface area contributed by atoms with E-state index in [1.165, 1.54) is 18.2 Å². The monoisotopic (exact) mass is 357 g/mol. The molecule has 0 aliphatic rings. The fourth-order valence-corrected chi connectivity index (χ4v) is 2.14. The van der Waals surface area contributed by atoms with Crippen molar-refractivity contribution in [2.24, 2.45) is 4.99 Å². The lowest BCUT2D eigenvalue weighted by Gasteiger charge is -2.07. The van der Waals surface area contributed by atoms with E-state index in [0.717, 1.165) is 16.6 Å². The maximum atomic E-state index is 12.5. The Kier molecular flexibility index (Phi) is 4.37. The number of phenols is 1. The van der Waals surface area contributed by atoms with Gasteiger partial charge < -0.3 is 5.11 Å². The van der Waals surface area contributed by atoms with E-state index in [0.29, 0.717) is 17.0 Å². The third kappa shape index (κ3) is 3.85. The Morgan fingerprint density at radius 3 is 2.29 bits per heavy atom. The minimum absolute atomic E-state index is 0.0614. The Hall–Kier alpha value is -1.82. The van der Waals surface area contributed by atoms with Crippen molar-refractivity contribution in [1.82, 2.24) is 0 Å². The summed E-state index contributed by atoms with van der Waals surface area (Å²) in [4.78, 5) is 4.22. The molecule has 0 atom stereocenters. The average Bonchev–Trinajstić information content (AvgIpc) is 2.41. The summed E-state index contributed by atoms with van der Waals surface area (Å²) in [7, 11) is 0. The highest BCUT2D eigenvalue weighted by Gasteiger charge is 2.29. The van der Waals surface area contributed by atoms with Gasteiger partial charge in [0.15, 0.2) is 0 Å². The SMILES string of the molecule is CC(=Nc1ccc(C(F)(F)F)cc1)c1cc(Br)ccc1O. The zero-order valence-corrected chi connectivity index (χ0v) is 12.5. The highest BCUT2D eigenvalue weighted by molar-refractivity contribution is 9.10. The van der Waals surface area contributed by atoms with E-state index in [1.54, 1.807) is 19.1 Å². The van der Waals surface area contributed by atoms with Crippen LogP contribution in [-0.4, -0.2) is 10.8 Å². The highest BCUT2D eigenvalue weighted by atomic mass is 79.9. The first kappa shape index (κ1) is 15.6. The van der Waals surface area contributed by atoms with E-state index in [4.69, 9.17) is 0 Å². The van der Waals surface area contributed by atoms with Crippen LogP contribution in [0.2, 0.25) is 0 Å². The molecule has 0 aromatic heterocycles. The molecule has 2 nitrogen and oxygen atoms in total. The number of alkyl halides is 3. The second-order valence-electron chi connectivity index (χ2n) is 4.40. The summed E-state index contributed by atoms with van der Waals surface area (Å²) >= 11 is 3.29. The fourth-order valence-electron chi connectivity index (χ4n) is 1.78. The van der Waals surface area contributed by atoms with Crippen LogP contribution in [0.5, 0.6) is 5.75 Å².